The van der Waals surface area contributed by atoms with Crippen LogP contribution >= 0.6 is 0 Å². The topological polar surface area (TPSA) is 152 Å². The van der Waals surface area contributed by atoms with Crippen LogP contribution < -0.4 is 15.8 Å². The van der Waals surface area contributed by atoms with E-state index in [2.05, 4.69) is 30.2 Å². The van der Waals surface area contributed by atoms with Crippen LogP contribution in [-0.2, 0) is 16.6 Å². The molecule has 210 valence electrons. The van der Waals surface area contributed by atoms with Crippen molar-refractivity contribution in [2.75, 3.05) is 44.1 Å². The molecular formula is C22H25F4N9O3S. The smallest absolute Gasteiger partial charge is 0.405 e. The number of piperazine rings is 1. The zero-order valence-electron chi connectivity index (χ0n) is 21.1. The van der Waals surface area contributed by atoms with E-state index < -0.39 is 34.6 Å². The molecule has 0 aliphatic carbocycles. The summed E-state index contributed by atoms with van der Waals surface area (Å²) < 4.78 is 85.3. The molecule has 3 aromatic heterocycles. The molecule has 0 amide bonds. The van der Waals surface area contributed by atoms with Crippen molar-refractivity contribution in [1.29, 1.82) is 0 Å². The van der Waals surface area contributed by atoms with Crippen molar-refractivity contribution in [1.82, 2.24) is 34.1 Å². The molecule has 0 saturated carbocycles. The second-order valence-corrected chi connectivity index (χ2v) is 10.8. The Morgan fingerprint density at radius 1 is 1.15 bits per heavy atom. The second-order valence-electron chi connectivity index (χ2n) is 8.79. The minimum atomic E-state index is -4.67. The second kappa shape index (κ2) is 10.8. The summed E-state index contributed by atoms with van der Waals surface area (Å²) in [5.74, 6) is -0.481. The summed E-state index contributed by atoms with van der Waals surface area (Å²) in [5, 5.41) is 2.91. The van der Waals surface area contributed by atoms with Crippen LogP contribution in [0.5, 0.6) is 5.88 Å². The van der Waals surface area contributed by atoms with E-state index in [4.69, 9.17) is 10.5 Å². The molecule has 17 heteroatoms. The number of nitrogens with zero attached hydrogens (tertiary/aromatic N) is 7. The van der Waals surface area contributed by atoms with Crippen molar-refractivity contribution >= 4 is 27.5 Å². The van der Waals surface area contributed by atoms with E-state index in [1.54, 1.807) is 6.92 Å². The van der Waals surface area contributed by atoms with Gasteiger partial charge in [0.1, 0.15) is 17.7 Å². The lowest BCUT2D eigenvalue weighted by molar-refractivity contribution is -0.194. The monoisotopic (exact) mass is 571 g/mol. The zero-order valence-corrected chi connectivity index (χ0v) is 21.9. The van der Waals surface area contributed by atoms with Crippen molar-refractivity contribution in [3.8, 4) is 17.3 Å². The van der Waals surface area contributed by atoms with Crippen LogP contribution in [-0.4, -0.2) is 87.8 Å². The van der Waals surface area contributed by atoms with Crippen molar-refractivity contribution < 1.29 is 30.7 Å². The lowest BCUT2D eigenvalue weighted by Gasteiger charge is -2.41. The molecule has 0 spiro atoms. The highest BCUT2D eigenvalue weighted by Crippen LogP contribution is 2.32. The van der Waals surface area contributed by atoms with Gasteiger partial charge in [-0.15, -0.1) is 0 Å². The number of methoxy groups -OCH3 is 1. The fourth-order valence-electron chi connectivity index (χ4n) is 4.10. The van der Waals surface area contributed by atoms with Crippen molar-refractivity contribution in [2.24, 2.45) is 0 Å². The molecule has 3 N–H and O–H groups in total. The molecule has 1 fully saturated rings. The summed E-state index contributed by atoms with van der Waals surface area (Å²) in [6.45, 7) is 0.428. The Kier molecular flexibility index (Phi) is 7.85. The predicted octanol–water partition coefficient (Wildman–Crippen LogP) is 2.12. The number of ether oxygens (including phenoxy) is 1. The molecule has 4 rings (SSSR count). The number of sulfonamides is 1. The summed E-state index contributed by atoms with van der Waals surface area (Å²) in [6, 6.07) is 0.645. The van der Waals surface area contributed by atoms with Crippen molar-refractivity contribution in [3.63, 3.8) is 0 Å². The molecule has 0 radical (unpaired) electrons. The van der Waals surface area contributed by atoms with E-state index in [0.29, 0.717) is 11.4 Å². The molecule has 1 saturated heterocycles. The molecule has 1 aliphatic heterocycles. The molecule has 39 heavy (non-hydrogen) atoms. The van der Waals surface area contributed by atoms with Crippen LogP contribution in [0.3, 0.4) is 0 Å². The van der Waals surface area contributed by atoms with Crippen molar-refractivity contribution in [3.05, 3.63) is 41.7 Å². The highest BCUT2D eigenvalue weighted by atomic mass is 32.2. The number of hydrogen-bond acceptors (Lipinski definition) is 11. The van der Waals surface area contributed by atoms with Gasteiger partial charge in [0.2, 0.25) is 21.9 Å². The van der Waals surface area contributed by atoms with Crippen LogP contribution in [0.2, 0.25) is 0 Å². The molecule has 0 aromatic carbocycles. The Balaban J connectivity index is 1.70. The van der Waals surface area contributed by atoms with Gasteiger partial charge in [0.15, 0.2) is 11.6 Å². The first-order chi connectivity index (χ1) is 18.2. The first-order valence-electron chi connectivity index (χ1n) is 11.4. The molecule has 4 heterocycles. The fraction of sp³-hybridized carbons (Fsp3) is 0.409. The van der Waals surface area contributed by atoms with E-state index in [9.17, 15) is 26.0 Å². The summed E-state index contributed by atoms with van der Waals surface area (Å²) >= 11 is 0. The molecule has 1 atom stereocenters. The molecule has 3 aromatic rings. The number of nitrogens with one attached hydrogen (secondary N) is 1. The van der Waals surface area contributed by atoms with Gasteiger partial charge in [-0.05, 0) is 18.6 Å². The Labute approximate surface area is 221 Å². The largest absolute Gasteiger partial charge is 0.479 e. The van der Waals surface area contributed by atoms with Gasteiger partial charge in [-0.2, -0.15) is 27.4 Å². The van der Waals surface area contributed by atoms with Gasteiger partial charge in [0.05, 0.1) is 30.8 Å². The lowest BCUT2D eigenvalue weighted by atomic mass is 10.1. The highest BCUT2D eigenvalue weighted by molar-refractivity contribution is 7.88. The van der Waals surface area contributed by atoms with Crippen LogP contribution in [0.4, 0.5) is 35.0 Å². The highest BCUT2D eigenvalue weighted by Gasteiger charge is 2.47. The normalized spacial score (nSPS) is 17.3. The quantitative estimate of drug-likeness (QED) is 0.401. The van der Waals surface area contributed by atoms with E-state index in [-0.39, 0.29) is 54.4 Å². The maximum Gasteiger partial charge on any atom is 0.405 e. The number of aromatic nitrogens is 5. The Morgan fingerprint density at radius 2 is 1.90 bits per heavy atom. The van der Waals surface area contributed by atoms with Gasteiger partial charge in [-0.3, -0.25) is 4.90 Å². The fourth-order valence-corrected chi connectivity index (χ4v) is 4.92. The number of aryl methyl sites for hydroxylation is 1. The molecule has 12 nitrogen and oxygen atoms in total. The number of hydrogen-bond donors (Lipinski definition) is 2. The first-order valence-corrected chi connectivity index (χ1v) is 13.3. The third-order valence-electron chi connectivity index (χ3n) is 5.90. The lowest BCUT2D eigenvalue weighted by Crippen LogP contribution is -2.59. The molecule has 0 unspecified atom stereocenters. The van der Waals surface area contributed by atoms with E-state index in [1.165, 1.54) is 25.6 Å². The Hall–Kier alpha value is -3.70. The van der Waals surface area contributed by atoms with Gasteiger partial charge >= 0.3 is 6.18 Å². The maximum atomic E-state index is 14.2. The van der Waals surface area contributed by atoms with Crippen LogP contribution in [0.1, 0.15) is 11.4 Å². The van der Waals surface area contributed by atoms with E-state index in [0.717, 1.165) is 21.5 Å². The summed E-state index contributed by atoms with van der Waals surface area (Å²) in [7, 11) is -2.52. The number of rotatable bonds is 7. The maximum absolute atomic E-state index is 14.2. The minimum absolute atomic E-state index is 0.0833. The van der Waals surface area contributed by atoms with Gasteiger partial charge < -0.3 is 15.8 Å². The summed E-state index contributed by atoms with van der Waals surface area (Å²) in [5.41, 5.74) is 6.63. The van der Waals surface area contributed by atoms with E-state index >= 15 is 0 Å². The van der Waals surface area contributed by atoms with Gasteiger partial charge in [0.25, 0.3) is 0 Å². The number of halogens is 4. The third-order valence-corrected chi connectivity index (χ3v) is 7.17. The first kappa shape index (κ1) is 28.3. The molecule has 1 aliphatic rings. The van der Waals surface area contributed by atoms with Crippen LogP contribution in [0.25, 0.3) is 11.4 Å². The predicted molar refractivity (Wildman–Crippen MR) is 133 cm³/mol. The summed E-state index contributed by atoms with van der Waals surface area (Å²) in [6.07, 6.45) is -1.13. The third kappa shape index (κ3) is 6.66. The Morgan fingerprint density at radius 3 is 2.51 bits per heavy atom. The van der Waals surface area contributed by atoms with E-state index in [1.807, 2.05) is 0 Å². The van der Waals surface area contributed by atoms with Crippen LogP contribution in [0, 0.1) is 12.7 Å². The summed E-state index contributed by atoms with van der Waals surface area (Å²) in [4.78, 5) is 21.7. The van der Waals surface area contributed by atoms with Gasteiger partial charge in [-0.1, -0.05) is 0 Å². The number of nitrogen functional groups attached to an aromatic ring is 1. The number of alkyl halides is 3. The van der Waals surface area contributed by atoms with Crippen molar-refractivity contribution in [2.45, 2.75) is 25.7 Å². The standard InChI is InChI=1S/C22H25F4N9O3S/c1-12-30-19(33-21(27)31-12)15-6-13(8-28-18(15)32-14-7-16(23)20(38-2)29-9-14)10-34-4-5-35(39(3,36)37)11-17(34)22(24,25)26/h6-9,17H,4-5,10-11H2,1-3H3,(H,28,32)(H2,27,30,31,33)/t17-/m1/s1. The van der Waals surface area contributed by atoms with Crippen LogP contribution in [0.15, 0.2) is 24.5 Å². The van der Waals surface area contributed by atoms with Gasteiger partial charge in [0, 0.05) is 38.4 Å². The molecule has 0 bridgehead atoms. The zero-order chi connectivity index (χ0) is 28.5. The number of pyridine rings is 2. The number of nitrogens with two attached hydrogens (primary N) is 1. The average Bonchev–Trinajstić information content (AvgIpc) is 2.83. The Bertz CT molecular complexity index is 1450. The SMILES string of the molecule is COc1ncc(Nc2ncc(CN3CCN(S(C)(=O)=O)C[C@@H]3C(F)(F)F)cc2-c2nc(C)nc(N)n2)cc1F. The average molecular weight is 572 g/mol. The number of anilines is 3. The van der Waals surface area contributed by atoms with Gasteiger partial charge in [-0.25, -0.2) is 27.8 Å². The minimum Gasteiger partial charge on any atom is -0.479 e. The molecular weight excluding hydrogens is 546 g/mol.